The van der Waals surface area contributed by atoms with E-state index in [1.54, 1.807) is 51.2 Å². The second kappa shape index (κ2) is 10.1. The van der Waals surface area contributed by atoms with Crippen LogP contribution in [-0.2, 0) is 9.53 Å². The number of ether oxygens (including phenoxy) is 1. The summed E-state index contributed by atoms with van der Waals surface area (Å²) in [5.41, 5.74) is 1.63. The van der Waals surface area contributed by atoms with Crippen LogP contribution in [0.1, 0.15) is 47.9 Å². The van der Waals surface area contributed by atoms with Crippen molar-refractivity contribution in [3.63, 3.8) is 0 Å². The van der Waals surface area contributed by atoms with Gasteiger partial charge in [-0.05, 0) is 57.2 Å². The highest BCUT2D eigenvalue weighted by molar-refractivity contribution is 7.14. The number of benzene rings is 1. The van der Waals surface area contributed by atoms with E-state index in [4.69, 9.17) is 4.74 Å². The quantitative estimate of drug-likeness (QED) is 0.526. The van der Waals surface area contributed by atoms with E-state index in [1.165, 1.54) is 11.3 Å². The van der Waals surface area contributed by atoms with Gasteiger partial charge in [-0.2, -0.15) is 0 Å². The zero-order valence-corrected chi connectivity index (χ0v) is 18.9. The lowest BCUT2D eigenvalue weighted by Gasteiger charge is -2.19. The predicted molar refractivity (Wildman–Crippen MR) is 123 cm³/mol. The number of hydrogen-bond acceptors (Lipinski definition) is 7. The molecule has 0 spiro atoms. The fourth-order valence-corrected chi connectivity index (χ4v) is 3.38. The van der Waals surface area contributed by atoms with Crippen molar-refractivity contribution < 1.29 is 19.1 Å². The van der Waals surface area contributed by atoms with E-state index < -0.39 is 5.60 Å². The normalized spacial score (nSPS) is 11.0. The maximum atomic E-state index is 12.5. The lowest BCUT2D eigenvalue weighted by atomic mass is 10.1. The molecule has 9 heteroatoms. The SMILES string of the molecule is CC(C)(C)OC(=O)CCNC(=O)c1ccc(C(=O)Nc2nc(-c3ccccn3)cs2)cc1. The summed E-state index contributed by atoms with van der Waals surface area (Å²) >= 11 is 1.31. The van der Waals surface area contributed by atoms with Crippen LogP contribution in [0.3, 0.4) is 0 Å². The molecule has 2 heterocycles. The monoisotopic (exact) mass is 452 g/mol. The average molecular weight is 453 g/mol. The Bertz CT molecular complexity index is 1090. The maximum Gasteiger partial charge on any atom is 0.308 e. The number of carbonyl (C=O) groups is 3. The van der Waals surface area contributed by atoms with Crippen molar-refractivity contribution in [2.75, 3.05) is 11.9 Å². The van der Waals surface area contributed by atoms with Gasteiger partial charge >= 0.3 is 5.97 Å². The number of esters is 1. The molecule has 0 bridgehead atoms. The molecular formula is C23H24N4O4S. The van der Waals surface area contributed by atoms with Crippen LogP contribution in [-0.4, -0.2) is 39.9 Å². The molecule has 0 unspecified atom stereocenters. The van der Waals surface area contributed by atoms with Gasteiger partial charge in [0, 0.05) is 29.2 Å². The topological polar surface area (TPSA) is 110 Å². The molecule has 0 atom stereocenters. The van der Waals surface area contributed by atoms with Gasteiger partial charge < -0.3 is 10.1 Å². The van der Waals surface area contributed by atoms with E-state index >= 15 is 0 Å². The summed E-state index contributed by atoms with van der Waals surface area (Å²) in [7, 11) is 0. The molecule has 0 aliphatic carbocycles. The predicted octanol–water partition coefficient (Wildman–Crippen LogP) is 3.92. The van der Waals surface area contributed by atoms with Gasteiger partial charge in [0.05, 0.1) is 12.1 Å². The van der Waals surface area contributed by atoms with Crippen LogP contribution in [0, 0.1) is 0 Å². The zero-order chi connectivity index (χ0) is 23.1. The number of rotatable bonds is 7. The lowest BCUT2D eigenvalue weighted by Crippen LogP contribution is -2.29. The molecule has 0 aliphatic rings. The largest absolute Gasteiger partial charge is 0.460 e. The molecule has 1 aromatic carbocycles. The Kier molecular flexibility index (Phi) is 7.32. The van der Waals surface area contributed by atoms with E-state index in [0.717, 1.165) is 5.69 Å². The van der Waals surface area contributed by atoms with Crippen molar-refractivity contribution in [3.05, 3.63) is 65.2 Å². The van der Waals surface area contributed by atoms with Crippen LogP contribution in [0.2, 0.25) is 0 Å². The molecule has 0 fully saturated rings. The Hall–Kier alpha value is -3.59. The number of amides is 2. The van der Waals surface area contributed by atoms with Gasteiger partial charge in [-0.15, -0.1) is 11.3 Å². The van der Waals surface area contributed by atoms with Gasteiger partial charge in [-0.3, -0.25) is 24.7 Å². The maximum absolute atomic E-state index is 12.5. The summed E-state index contributed by atoms with van der Waals surface area (Å²) in [4.78, 5) is 45.1. The third kappa shape index (κ3) is 6.71. The summed E-state index contributed by atoms with van der Waals surface area (Å²) in [5, 5.41) is 7.70. The number of carbonyl (C=O) groups excluding carboxylic acids is 3. The van der Waals surface area contributed by atoms with Crippen molar-refractivity contribution in [1.82, 2.24) is 15.3 Å². The van der Waals surface area contributed by atoms with Crippen molar-refractivity contribution >= 4 is 34.3 Å². The van der Waals surface area contributed by atoms with Crippen molar-refractivity contribution in [1.29, 1.82) is 0 Å². The molecular weight excluding hydrogens is 428 g/mol. The average Bonchev–Trinajstić information content (AvgIpc) is 3.21. The molecule has 0 saturated heterocycles. The molecule has 3 aromatic rings. The first kappa shape index (κ1) is 23.1. The zero-order valence-electron chi connectivity index (χ0n) is 18.0. The lowest BCUT2D eigenvalue weighted by molar-refractivity contribution is -0.154. The molecule has 2 amide bonds. The highest BCUT2D eigenvalue weighted by atomic mass is 32.1. The Morgan fingerprint density at radius 1 is 0.969 bits per heavy atom. The minimum atomic E-state index is -0.559. The van der Waals surface area contributed by atoms with Crippen molar-refractivity contribution in [2.24, 2.45) is 0 Å². The number of aromatic nitrogens is 2. The molecule has 8 nitrogen and oxygen atoms in total. The second-order valence-corrected chi connectivity index (χ2v) is 8.73. The number of thiazole rings is 1. The minimum Gasteiger partial charge on any atom is -0.460 e. The standard InChI is InChI=1S/C23H24N4O4S/c1-23(2,3)31-19(28)11-13-25-20(29)15-7-9-16(10-8-15)21(30)27-22-26-18(14-32-22)17-6-4-5-12-24-17/h4-10,12,14H,11,13H2,1-3H3,(H,25,29)(H,26,27,30). The number of nitrogens with zero attached hydrogens (tertiary/aromatic N) is 2. The summed E-state index contributed by atoms with van der Waals surface area (Å²) in [6, 6.07) is 11.8. The second-order valence-electron chi connectivity index (χ2n) is 7.88. The molecule has 0 aliphatic heterocycles. The summed E-state index contributed by atoms with van der Waals surface area (Å²) in [6.07, 6.45) is 1.76. The van der Waals surface area contributed by atoms with Gasteiger partial charge in [-0.1, -0.05) is 6.07 Å². The Morgan fingerprint density at radius 2 is 1.66 bits per heavy atom. The summed E-state index contributed by atoms with van der Waals surface area (Å²) in [6.45, 7) is 5.53. The number of pyridine rings is 1. The van der Waals surface area contributed by atoms with Crippen LogP contribution in [0.5, 0.6) is 0 Å². The highest BCUT2D eigenvalue weighted by Crippen LogP contribution is 2.23. The molecule has 32 heavy (non-hydrogen) atoms. The van der Waals surface area contributed by atoms with Crippen molar-refractivity contribution in [3.8, 4) is 11.4 Å². The van der Waals surface area contributed by atoms with E-state index in [2.05, 4.69) is 20.6 Å². The van der Waals surface area contributed by atoms with E-state index in [1.807, 2.05) is 23.6 Å². The van der Waals surface area contributed by atoms with Gasteiger partial charge in [-0.25, -0.2) is 4.98 Å². The number of hydrogen-bond donors (Lipinski definition) is 2. The summed E-state index contributed by atoms with van der Waals surface area (Å²) in [5.74, 6) is -1.04. The van der Waals surface area contributed by atoms with Crippen LogP contribution >= 0.6 is 11.3 Å². The van der Waals surface area contributed by atoms with Gasteiger partial charge in [0.15, 0.2) is 5.13 Å². The third-order valence-electron chi connectivity index (χ3n) is 4.10. The smallest absolute Gasteiger partial charge is 0.308 e. The minimum absolute atomic E-state index is 0.0812. The van der Waals surface area contributed by atoms with Gasteiger partial charge in [0.2, 0.25) is 0 Å². The molecule has 0 saturated carbocycles. The Labute approximate surface area is 190 Å². The summed E-state index contributed by atoms with van der Waals surface area (Å²) < 4.78 is 5.20. The number of nitrogens with one attached hydrogen (secondary N) is 2. The van der Waals surface area contributed by atoms with E-state index in [9.17, 15) is 14.4 Å². The van der Waals surface area contributed by atoms with Gasteiger partial charge in [0.25, 0.3) is 11.8 Å². The number of anilines is 1. The first-order valence-corrected chi connectivity index (χ1v) is 10.9. The van der Waals surface area contributed by atoms with Crippen LogP contribution < -0.4 is 10.6 Å². The van der Waals surface area contributed by atoms with E-state index in [-0.39, 0.29) is 30.7 Å². The van der Waals surface area contributed by atoms with Crippen LogP contribution in [0.4, 0.5) is 5.13 Å². The molecule has 0 radical (unpaired) electrons. The van der Waals surface area contributed by atoms with E-state index in [0.29, 0.717) is 22.0 Å². The van der Waals surface area contributed by atoms with Crippen LogP contribution in [0.15, 0.2) is 54.0 Å². The molecule has 166 valence electrons. The third-order valence-corrected chi connectivity index (χ3v) is 4.85. The first-order valence-electron chi connectivity index (χ1n) is 10.00. The van der Waals surface area contributed by atoms with Crippen molar-refractivity contribution in [2.45, 2.75) is 32.8 Å². The fourth-order valence-electron chi connectivity index (χ4n) is 2.68. The molecule has 2 aromatic heterocycles. The molecule has 3 rings (SSSR count). The van der Waals surface area contributed by atoms with Crippen LogP contribution in [0.25, 0.3) is 11.4 Å². The van der Waals surface area contributed by atoms with Gasteiger partial charge in [0.1, 0.15) is 11.3 Å². The first-order chi connectivity index (χ1) is 15.2. The fraction of sp³-hybridized carbons (Fsp3) is 0.261. The highest BCUT2D eigenvalue weighted by Gasteiger charge is 2.16. The Balaban J connectivity index is 1.51. The molecule has 2 N–H and O–H groups in total. The Morgan fingerprint density at radius 3 is 2.28 bits per heavy atom.